The Bertz CT molecular complexity index is 828. The monoisotopic (exact) mass is 591 g/mol. The van der Waals surface area contributed by atoms with Gasteiger partial charge in [0, 0.05) is 12.5 Å². The van der Waals surface area contributed by atoms with E-state index >= 15 is 0 Å². The summed E-state index contributed by atoms with van der Waals surface area (Å²) in [7, 11) is 1.50. The van der Waals surface area contributed by atoms with E-state index in [4.69, 9.17) is 10.5 Å². The van der Waals surface area contributed by atoms with Crippen LogP contribution >= 0.6 is 0 Å². The average Bonchev–Trinajstić information content (AvgIpc) is 3.34. The second-order valence-electron chi connectivity index (χ2n) is 15.2. The lowest BCUT2D eigenvalue weighted by Gasteiger charge is -2.62. The Morgan fingerprint density at radius 1 is 0.905 bits per heavy atom. The zero-order chi connectivity index (χ0) is 30.2. The van der Waals surface area contributed by atoms with Gasteiger partial charge < -0.3 is 31.5 Å². The number of hydrogen-bond donors (Lipinski definition) is 5. The highest BCUT2D eigenvalue weighted by Gasteiger charge is 2.62. The van der Waals surface area contributed by atoms with E-state index in [2.05, 4.69) is 36.7 Å². The molecule has 0 saturated heterocycles. The number of esters is 1. The quantitative estimate of drug-likeness (QED) is 0.122. The molecular formula is C35H66N4O3. The van der Waals surface area contributed by atoms with Gasteiger partial charge in [0.1, 0.15) is 0 Å². The molecule has 0 heterocycles. The van der Waals surface area contributed by atoms with Crippen molar-refractivity contribution >= 4 is 5.97 Å². The SMILES string of the molecule is COC(=O)CC[C@@H](C)[C@H]1CCC2C3C(CC[C@@]21C)[C@@]1(C)CC[C@H](NCCCNCCCCNCCCN)C[C@@H]1C[C@@H]3O. The van der Waals surface area contributed by atoms with Crippen molar-refractivity contribution in [2.24, 2.45) is 52.1 Å². The Balaban J connectivity index is 1.20. The van der Waals surface area contributed by atoms with E-state index < -0.39 is 0 Å². The number of carbonyl (C=O) groups is 1. The third kappa shape index (κ3) is 7.91. The lowest BCUT2D eigenvalue weighted by Crippen LogP contribution is -2.59. The van der Waals surface area contributed by atoms with E-state index in [1.807, 2.05) is 0 Å². The number of ether oxygens (including phenoxy) is 1. The summed E-state index contributed by atoms with van der Waals surface area (Å²) in [5.41, 5.74) is 6.21. The minimum Gasteiger partial charge on any atom is -0.469 e. The number of nitrogens with two attached hydrogens (primary N) is 1. The first-order chi connectivity index (χ1) is 20.2. The molecule has 10 atom stereocenters. The van der Waals surface area contributed by atoms with Gasteiger partial charge in [-0.1, -0.05) is 20.8 Å². The highest BCUT2D eigenvalue weighted by molar-refractivity contribution is 5.69. The Hall–Kier alpha value is -0.730. The molecule has 4 aliphatic rings. The topological polar surface area (TPSA) is 109 Å². The molecule has 0 amide bonds. The summed E-state index contributed by atoms with van der Waals surface area (Å²) in [6.45, 7) is 13.7. The zero-order valence-electron chi connectivity index (χ0n) is 27.6. The van der Waals surface area contributed by atoms with E-state index in [0.717, 1.165) is 58.5 Å². The van der Waals surface area contributed by atoms with Crippen molar-refractivity contribution in [3.63, 3.8) is 0 Å². The molecule has 7 nitrogen and oxygen atoms in total. The molecular weight excluding hydrogens is 524 g/mol. The van der Waals surface area contributed by atoms with Crippen molar-refractivity contribution < 1.29 is 14.6 Å². The van der Waals surface area contributed by atoms with Crippen LogP contribution in [0.2, 0.25) is 0 Å². The second kappa shape index (κ2) is 16.0. The van der Waals surface area contributed by atoms with Crippen LogP contribution in [-0.2, 0) is 9.53 Å². The van der Waals surface area contributed by atoms with Crippen LogP contribution in [0.5, 0.6) is 0 Å². The third-order valence-corrected chi connectivity index (χ3v) is 13.0. The molecule has 4 rings (SSSR count). The molecule has 7 heteroatoms. The van der Waals surface area contributed by atoms with Gasteiger partial charge in [-0.2, -0.15) is 0 Å². The zero-order valence-corrected chi connectivity index (χ0v) is 27.6. The smallest absolute Gasteiger partial charge is 0.305 e. The fourth-order valence-corrected chi connectivity index (χ4v) is 10.5. The first-order valence-electron chi connectivity index (χ1n) is 17.8. The predicted octanol–water partition coefficient (Wildman–Crippen LogP) is 4.86. The van der Waals surface area contributed by atoms with Crippen molar-refractivity contribution in [1.82, 2.24) is 16.0 Å². The van der Waals surface area contributed by atoms with Gasteiger partial charge in [-0.25, -0.2) is 0 Å². The second-order valence-corrected chi connectivity index (χ2v) is 15.2. The summed E-state index contributed by atoms with van der Waals surface area (Å²) in [6, 6.07) is 0.604. The van der Waals surface area contributed by atoms with E-state index in [9.17, 15) is 9.90 Å². The van der Waals surface area contributed by atoms with Crippen molar-refractivity contribution in [1.29, 1.82) is 0 Å². The molecule has 4 aliphatic carbocycles. The minimum absolute atomic E-state index is 0.0810. The molecule has 0 spiro atoms. The highest BCUT2D eigenvalue weighted by atomic mass is 16.5. The van der Waals surface area contributed by atoms with Gasteiger partial charge in [0.15, 0.2) is 0 Å². The Labute approximate surface area is 257 Å². The molecule has 0 radical (unpaired) electrons. The van der Waals surface area contributed by atoms with Gasteiger partial charge in [0.2, 0.25) is 0 Å². The lowest BCUT2D eigenvalue weighted by molar-refractivity contribution is -0.167. The maximum Gasteiger partial charge on any atom is 0.305 e. The van der Waals surface area contributed by atoms with E-state index in [1.54, 1.807) is 0 Å². The Morgan fingerprint density at radius 3 is 2.29 bits per heavy atom. The number of unbranched alkanes of at least 4 members (excludes halogenated alkanes) is 1. The van der Waals surface area contributed by atoms with Crippen LogP contribution in [-0.4, -0.2) is 69.6 Å². The maximum absolute atomic E-state index is 11.8. The molecule has 6 N–H and O–H groups in total. The number of nitrogens with one attached hydrogen (secondary N) is 3. The number of carbonyl (C=O) groups excluding carboxylic acids is 1. The van der Waals surface area contributed by atoms with Crippen LogP contribution in [0.25, 0.3) is 0 Å². The van der Waals surface area contributed by atoms with E-state index in [-0.39, 0.29) is 12.1 Å². The van der Waals surface area contributed by atoms with Crippen molar-refractivity contribution in [3.8, 4) is 0 Å². The summed E-state index contributed by atoms with van der Waals surface area (Å²) >= 11 is 0. The third-order valence-electron chi connectivity index (χ3n) is 13.0. The summed E-state index contributed by atoms with van der Waals surface area (Å²) < 4.78 is 4.93. The molecule has 3 unspecified atom stereocenters. The molecule has 0 aromatic heterocycles. The molecule has 42 heavy (non-hydrogen) atoms. The minimum atomic E-state index is -0.152. The molecule has 244 valence electrons. The van der Waals surface area contributed by atoms with Crippen molar-refractivity contribution in [3.05, 3.63) is 0 Å². The van der Waals surface area contributed by atoms with Crippen LogP contribution in [0.15, 0.2) is 0 Å². The van der Waals surface area contributed by atoms with Crippen LogP contribution in [0.1, 0.15) is 111 Å². The standard InChI is InChI=1S/C35H66N4O3/c1-25(9-12-32(41)42-4)28-10-11-29-33-30(14-16-35(28,29)3)34(2)15-13-27(23-26(34)24-31(33)40)39-22-8-21-38-19-6-5-18-37-20-7-17-36/h25-31,33,37-40H,5-24,36H2,1-4H3/t25-,26-,27+,28-,29?,30?,31+,33?,34+,35-/m1/s1. The van der Waals surface area contributed by atoms with E-state index in [1.165, 1.54) is 71.3 Å². The summed E-state index contributed by atoms with van der Waals surface area (Å²) in [6.07, 6.45) is 15.9. The molecule has 0 aliphatic heterocycles. The van der Waals surface area contributed by atoms with Gasteiger partial charge in [-0.05, 0) is 169 Å². The molecule has 0 aromatic carbocycles. The fraction of sp³-hybridized carbons (Fsp3) is 0.971. The normalized spacial score (nSPS) is 38.4. The van der Waals surface area contributed by atoms with Crippen molar-refractivity contribution in [2.45, 2.75) is 123 Å². The van der Waals surface area contributed by atoms with Crippen LogP contribution in [0, 0.1) is 46.3 Å². The maximum atomic E-state index is 11.8. The van der Waals surface area contributed by atoms with Crippen molar-refractivity contribution in [2.75, 3.05) is 46.4 Å². The number of aliphatic hydroxyl groups is 1. The molecule has 4 fully saturated rings. The summed E-state index contributed by atoms with van der Waals surface area (Å²) in [5.74, 6) is 3.49. The number of fused-ring (bicyclic) bond motifs is 5. The Kier molecular flexibility index (Phi) is 13.0. The highest BCUT2D eigenvalue weighted by Crippen LogP contribution is 2.68. The number of hydrogen-bond acceptors (Lipinski definition) is 7. The van der Waals surface area contributed by atoms with Gasteiger partial charge in [0.05, 0.1) is 13.2 Å². The van der Waals surface area contributed by atoms with Crippen LogP contribution in [0.3, 0.4) is 0 Å². The van der Waals surface area contributed by atoms with Gasteiger partial charge >= 0.3 is 5.97 Å². The number of methoxy groups -OCH3 is 1. The van der Waals surface area contributed by atoms with Gasteiger partial charge in [-0.3, -0.25) is 4.79 Å². The predicted molar refractivity (Wildman–Crippen MR) is 172 cm³/mol. The van der Waals surface area contributed by atoms with Crippen LogP contribution < -0.4 is 21.7 Å². The lowest BCUT2D eigenvalue weighted by atomic mass is 9.43. The molecule has 0 bridgehead atoms. The van der Waals surface area contributed by atoms with Gasteiger partial charge in [0.25, 0.3) is 0 Å². The van der Waals surface area contributed by atoms with Gasteiger partial charge in [-0.15, -0.1) is 0 Å². The average molecular weight is 591 g/mol. The summed E-state index contributed by atoms with van der Waals surface area (Å²) in [5, 5.41) is 22.7. The Morgan fingerprint density at radius 2 is 1.57 bits per heavy atom. The van der Waals surface area contributed by atoms with Crippen LogP contribution in [0.4, 0.5) is 0 Å². The molecule has 4 saturated carbocycles. The fourth-order valence-electron chi connectivity index (χ4n) is 10.5. The first kappa shape index (κ1) is 34.1. The largest absolute Gasteiger partial charge is 0.469 e. The number of rotatable bonds is 17. The number of aliphatic hydroxyl groups excluding tert-OH is 1. The summed E-state index contributed by atoms with van der Waals surface area (Å²) in [4.78, 5) is 11.8. The molecule has 0 aromatic rings. The van der Waals surface area contributed by atoms with E-state index in [0.29, 0.717) is 58.8 Å². The first-order valence-corrected chi connectivity index (χ1v) is 17.8.